The minimum absolute atomic E-state index is 0.00299. The van der Waals surface area contributed by atoms with Crippen molar-refractivity contribution in [2.24, 2.45) is 0 Å². The van der Waals surface area contributed by atoms with Gasteiger partial charge in [0, 0.05) is 17.1 Å². The van der Waals surface area contributed by atoms with Crippen molar-refractivity contribution in [3.63, 3.8) is 0 Å². The third-order valence-electron chi connectivity index (χ3n) is 3.27. The first kappa shape index (κ1) is 20.4. The highest BCUT2D eigenvalue weighted by Crippen LogP contribution is 2.38. The highest BCUT2D eigenvalue weighted by Gasteiger charge is 2.23. The number of carbonyl (C=O) groups excluding carboxylic acids is 1. The number of amides is 1. The van der Waals surface area contributed by atoms with Crippen molar-refractivity contribution in [1.29, 1.82) is 0 Å². The lowest BCUT2D eigenvalue weighted by Crippen LogP contribution is -2.16. The molecule has 4 nitrogen and oxygen atoms in total. The molecule has 22 heavy (non-hydrogen) atoms. The number of rotatable bonds is 7. The van der Waals surface area contributed by atoms with Gasteiger partial charge in [0.05, 0.1) is 12.1 Å². The lowest BCUT2D eigenvalue weighted by molar-refractivity contribution is -0.137. The van der Waals surface area contributed by atoms with E-state index < -0.39 is 5.97 Å². The zero-order valence-electron chi connectivity index (χ0n) is 12.4. The number of halogens is 3. The Labute approximate surface area is 171 Å². The summed E-state index contributed by atoms with van der Waals surface area (Å²) < 4.78 is 2.98. The van der Waals surface area contributed by atoms with Crippen molar-refractivity contribution in [3.05, 3.63) is 22.3 Å². The summed E-state index contributed by atoms with van der Waals surface area (Å²) in [5, 5.41) is 12.1. The molecule has 1 rings (SSSR count). The lowest BCUT2D eigenvalue weighted by atomic mass is 9.93. The smallest absolute Gasteiger partial charge is 0.303 e. The van der Waals surface area contributed by atoms with E-state index in [2.05, 4.69) is 73.1 Å². The maximum Gasteiger partial charge on any atom is 0.303 e. The van der Waals surface area contributed by atoms with Crippen molar-refractivity contribution in [2.45, 2.75) is 45.4 Å². The van der Waals surface area contributed by atoms with Crippen LogP contribution in [0.4, 0.5) is 5.69 Å². The maximum absolute atomic E-state index is 11.9. The maximum atomic E-state index is 11.9. The van der Waals surface area contributed by atoms with E-state index in [9.17, 15) is 9.59 Å². The van der Waals surface area contributed by atoms with Crippen LogP contribution in [0.25, 0.3) is 0 Å². The Morgan fingerprint density at radius 2 is 1.86 bits per heavy atom. The van der Waals surface area contributed by atoms with Gasteiger partial charge in [0.1, 0.15) is 0 Å². The molecule has 0 heterocycles. The van der Waals surface area contributed by atoms with Crippen LogP contribution < -0.4 is 5.32 Å². The fourth-order valence-electron chi connectivity index (χ4n) is 2.18. The molecule has 0 saturated carbocycles. The normalized spacial score (nSPS) is 12.0. The van der Waals surface area contributed by atoms with E-state index in [0.717, 1.165) is 34.8 Å². The van der Waals surface area contributed by atoms with E-state index in [-0.39, 0.29) is 18.2 Å². The van der Waals surface area contributed by atoms with Crippen LogP contribution in [0.15, 0.2) is 6.07 Å². The zero-order valence-corrected chi connectivity index (χ0v) is 18.9. The molecule has 1 unspecified atom stereocenters. The minimum Gasteiger partial charge on any atom is -0.481 e. The lowest BCUT2D eigenvalue weighted by Gasteiger charge is -2.21. The van der Waals surface area contributed by atoms with Crippen LogP contribution in [-0.2, 0) is 9.59 Å². The second-order valence-corrected chi connectivity index (χ2v) is 8.35. The summed E-state index contributed by atoms with van der Waals surface area (Å²) in [6, 6.07) is 2.00. The Morgan fingerprint density at radius 3 is 2.36 bits per heavy atom. The second-order valence-electron chi connectivity index (χ2n) is 4.94. The summed E-state index contributed by atoms with van der Waals surface area (Å²) >= 11 is 6.68. The summed E-state index contributed by atoms with van der Waals surface area (Å²) in [7, 11) is 0. The van der Waals surface area contributed by atoms with Crippen LogP contribution in [0, 0.1) is 10.7 Å². The van der Waals surface area contributed by atoms with Crippen LogP contribution in [0.2, 0.25) is 0 Å². The van der Waals surface area contributed by atoms with Crippen molar-refractivity contribution in [3.8, 4) is 0 Å². The number of anilines is 1. The standard InChI is InChI=1S/C15H18I3NO3/c1-3-5-11(20)19-15-10(17)7-9(16)13(14(15)18)8(4-2)6-12(21)22/h7-8H,3-6H2,1-2H3,(H,19,20)(H,21,22). The molecule has 0 aromatic heterocycles. The van der Waals surface area contributed by atoms with Gasteiger partial charge in [0.15, 0.2) is 0 Å². The molecule has 0 aliphatic rings. The van der Waals surface area contributed by atoms with Gasteiger partial charge in [0.25, 0.3) is 0 Å². The Balaban J connectivity index is 3.28. The Bertz CT molecular complexity index is 576. The summed E-state index contributed by atoms with van der Waals surface area (Å²) in [6.45, 7) is 3.96. The number of nitrogens with one attached hydrogen (secondary N) is 1. The van der Waals surface area contributed by atoms with Crippen LogP contribution >= 0.6 is 67.8 Å². The zero-order chi connectivity index (χ0) is 16.9. The number of carbonyl (C=O) groups is 2. The Morgan fingerprint density at radius 1 is 1.23 bits per heavy atom. The third kappa shape index (κ3) is 5.46. The van der Waals surface area contributed by atoms with Crippen molar-refractivity contribution < 1.29 is 14.7 Å². The average Bonchev–Trinajstić information content (AvgIpc) is 2.42. The minimum atomic E-state index is -0.798. The van der Waals surface area contributed by atoms with Gasteiger partial charge in [0.2, 0.25) is 5.91 Å². The molecule has 0 fully saturated rings. The summed E-state index contributed by atoms with van der Waals surface area (Å²) in [4.78, 5) is 23.0. The molecule has 0 bridgehead atoms. The molecule has 0 radical (unpaired) electrons. The van der Waals surface area contributed by atoms with Gasteiger partial charge in [-0.2, -0.15) is 0 Å². The van der Waals surface area contributed by atoms with E-state index in [4.69, 9.17) is 5.11 Å². The number of hydrogen-bond donors (Lipinski definition) is 2. The molecule has 0 aliphatic heterocycles. The largest absolute Gasteiger partial charge is 0.481 e. The fourth-order valence-corrected chi connectivity index (χ4v) is 6.71. The molecule has 1 aromatic rings. The highest BCUT2D eigenvalue weighted by atomic mass is 127. The van der Waals surface area contributed by atoms with Crippen LogP contribution in [0.1, 0.15) is 51.0 Å². The molecule has 0 saturated heterocycles. The van der Waals surface area contributed by atoms with E-state index in [1.165, 1.54) is 0 Å². The quantitative estimate of drug-likeness (QED) is 0.403. The number of benzene rings is 1. The molecular weight excluding hydrogens is 623 g/mol. The number of aliphatic carboxylic acids is 1. The Hall–Kier alpha value is 0.350. The van der Waals surface area contributed by atoms with E-state index >= 15 is 0 Å². The molecular formula is C15H18I3NO3. The fraction of sp³-hybridized carbons (Fsp3) is 0.467. The first-order valence-electron chi connectivity index (χ1n) is 7.00. The molecule has 1 aromatic carbocycles. The number of carboxylic acid groups (broad SMARTS) is 1. The van der Waals surface area contributed by atoms with Crippen LogP contribution in [0.5, 0.6) is 0 Å². The second kappa shape index (κ2) is 9.60. The molecule has 1 amide bonds. The van der Waals surface area contributed by atoms with Gasteiger partial charge in [-0.1, -0.05) is 13.8 Å². The predicted octanol–water partition coefficient (Wildman–Crippen LogP) is 5.21. The average molecular weight is 641 g/mol. The molecule has 0 aliphatic carbocycles. The van der Waals surface area contributed by atoms with Crippen LogP contribution in [0.3, 0.4) is 0 Å². The SMILES string of the molecule is CCCC(=O)Nc1c(I)cc(I)c(C(CC)CC(=O)O)c1I. The van der Waals surface area contributed by atoms with Crippen molar-refractivity contribution >= 4 is 85.3 Å². The van der Waals surface area contributed by atoms with E-state index in [0.29, 0.717) is 6.42 Å². The molecule has 0 spiro atoms. The molecule has 2 N–H and O–H groups in total. The first-order valence-corrected chi connectivity index (χ1v) is 10.2. The molecule has 122 valence electrons. The monoisotopic (exact) mass is 641 g/mol. The van der Waals surface area contributed by atoms with Gasteiger partial charge >= 0.3 is 5.97 Å². The van der Waals surface area contributed by atoms with Gasteiger partial charge in [-0.15, -0.1) is 0 Å². The molecule has 7 heteroatoms. The van der Waals surface area contributed by atoms with Crippen LogP contribution in [-0.4, -0.2) is 17.0 Å². The van der Waals surface area contributed by atoms with Gasteiger partial charge < -0.3 is 10.4 Å². The topological polar surface area (TPSA) is 66.4 Å². The van der Waals surface area contributed by atoms with Gasteiger partial charge in [-0.05, 0) is 98.2 Å². The van der Waals surface area contributed by atoms with Gasteiger partial charge in [-0.25, -0.2) is 0 Å². The Kier molecular flexibility index (Phi) is 8.90. The van der Waals surface area contributed by atoms with Crippen molar-refractivity contribution in [1.82, 2.24) is 0 Å². The van der Waals surface area contributed by atoms with E-state index in [1.54, 1.807) is 0 Å². The summed E-state index contributed by atoms with van der Waals surface area (Å²) in [5.74, 6) is -0.847. The van der Waals surface area contributed by atoms with Gasteiger partial charge in [-0.3, -0.25) is 9.59 Å². The summed E-state index contributed by atoms with van der Waals surface area (Å²) in [5.41, 5.74) is 1.83. The first-order chi connectivity index (χ1) is 10.3. The summed E-state index contributed by atoms with van der Waals surface area (Å²) in [6.07, 6.45) is 2.14. The van der Waals surface area contributed by atoms with Crippen molar-refractivity contribution in [2.75, 3.05) is 5.32 Å². The third-order valence-corrected chi connectivity index (χ3v) is 6.13. The molecule has 1 atom stereocenters. The van der Waals surface area contributed by atoms with E-state index in [1.807, 2.05) is 19.9 Å². The highest BCUT2D eigenvalue weighted by molar-refractivity contribution is 14.1. The predicted molar refractivity (Wildman–Crippen MR) is 113 cm³/mol. The number of hydrogen-bond acceptors (Lipinski definition) is 2. The number of carboxylic acids is 1.